The normalized spacial score (nSPS) is 11.5. The molecule has 49 heavy (non-hydrogen) atoms. The summed E-state index contributed by atoms with van der Waals surface area (Å²) in [6.07, 6.45) is 4.25. The van der Waals surface area contributed by atoms with E-state index < -0.39 is 0 Å². The SMILES string of the molecule is C/C=C/c1ccc2sc3c(ccc4c5cc(-c6ccccc6)ccc5n(-c5nc(-c6ccccc6)nc(-c6ccccc6)n5)c43)c2c1.CC. The lowest BCUT2D eigenvalue weighted by molar-refractivity contribution is 0.955. The maximum Gasteiger partial charge on any atom is 0.238 e. The van der Waals surface area contributed by atoms with E-state index in [0.29, 0.717) is 17.6 Å². The molecule has 0 aliphatic carbocycles. The van der Waals surface area contributed by atoms with Gasteiger partial charge in [-0.3, -0.25) is 4.57 Å². The van der Waals surface area contributed by atoms with Gasteiger partial charge < -0.3 is 0 Å². The van der Waals surface area contributed by atoms with Gasteiger partial charge in [-0.05, 0) is 47.9 Å². The number of hydrogen-bond acceptors (Lipinski definition) is 4. The Hall–Kier alpha value is -5.91. The largest absolute Gasteiger partial charge is 0.276 e. The van der Waals surface area contributed by atoms with Crippen molar-refractivity contribution in [2.75, 3.05) is 0 Å². The summed E-state index contributed by atoms with van der Waals surface area (Å²) >= 11 is 1.83. The number of nitrogens with zero attached hydrogens (tertiary/aromatic N) is 4. The molecule has 0 unspecified atom stereocenters. The number of allylic oxidation sites excluding steroid dienone is 1. The molecular formula is C44H34N4S. The van der Waals surface area contributed by atoms with Crippen LogP contribution in [0.2, 0.25) is 0 Å². The van der Waals surface area contributed by atoms with Gasteiger partial charge in [0.15, 0.2) is 11.6 Å². The molecule has 0 amide bonds. The Morgan fingerprint density at radius 2 is 1.14 bits per heavy atom. The van der Waals surface area contributed by atoms with Gasteiger partial charge in [0.1, 0.15) is 0 Å². The third-order valence-corrected chi connectivity index (χ3v) is 9.94. The zero-order valence-corrected chi connectivity index (χ0v) is 28.4. The first-order chi connectivity index (χ1) is 24.2. The molecule has 0 aliphatic rings. The zero-order valence-electron chi connectivity index (χ0n) is 27.6. The molecule has 6 aromatic carbocycles. The van der Waals surface area contributed by atoms with Crippen molar-refractivity contribution in [2.24, 2.45) is 0 Å². The van der Waals surface area contributed by atoms with Crippen LogP contribution in [-0.2, 0) is 0 Å². The Balaban J connectivity index is 0.00000171. The molecule has 0 atom stereocenters. The third-order valence-electron chi connectivity index (χ3n) is 8.74. The van der Waals surface area contributed by atoms with Crippen LogP contribution in [0.15, 0.2) is 146 Å². The Morgan fingerprint density at radius 3 is 1.78 bits per heavy atom. The molecule has 3 heterocycles. The van der Waals surface area contributed by atoms with E-state index in [1.165, 1.54) is 47.6 Å². The maximum atomic E-state index is 5.19. The van der Waals surface area contributed by atoms with E-state index in [1.54, 1.807) is 0 Å². The van der Waals surface area contributed by atoms with Crippen molar-refractivity contribution in [1.29, 1.82) is 0 Å². The van der Waals surface area contributed by atoms with Crippen molar-refractivity contribution in [3.8, 4) is 39.9 Å². The molecule has 3 aromatic heterocycles. The highest BCUT2D eigenvalue weighted by molar-refractivity contribution is 7.26. The summed E-state index contributed by atoms with van der Waals surface area (Å²) in [4.78, 5) is 15.4. The quantitative estimate of drug-likeness (QED) is 0.186. The fraction of sp³-hybridized carbons (Fsp3) is 0.0682. The fourth-order valence-corrected chi connectivity index (χ4v) is 7.78. The summed E-state index contributed by atoms with van der Waals surface area (Å²) in [5.74, 6) is 1.89. The molecule has 0 spiro atoms. The van der Waals surface area contributed by atoms with E-state index in [1.807, 2.05) is 61.6 Å². The minimum Gasteiger partial charge on any atom is -0.276 e. The minimum absolute atomic E-state index is 0.602. The molecule has 0 aliphatic heterocycles. The first-order valence-electron chi connectivity index (χ1n) is 16.7. The molecule has 0 saturated carbocycles. The van der Waals surface area contributed by atoms with Gasteiger partial charge in [-0.1, -0.05) is 141 Å². The monoisotopic (exact) mass is 650 g/mol. The van der Waals surface area contributed by atoms with Crippen LogP contribution >= 0.6 is 11.3 Å². The van der Waals surface area contributed by atoms with E-state index in [4.69, 9.17) is 15.0 Å². The number of benzene rings is 6. The van der Waals surface area contributed by atoms with Gasteiger partial charge in [-0.15, -0.1) is 11.3 Å². The molecule has 236 valence electrons. The lowest BCUT2D eigenvalue weighted by atomic mass is 10.0. The Morgan fingerprint density at radius 1 is 0.531 bits per heavy atom. The summed E-state index contributed by atoms with van der Waals surface area (Å²) in [6.45, 7) is 6.06. The smallest absolute Gasteiger partial charge is 0.238 e. The van der Waals surface area contributed by atoms with Gasteiger partial charge in [0.05, 0.1) is 15.7 Å². The minimum atomic E-state index is 0.602. The highest BCUT2D eigenvalue weighted by atomic mass is 32.1. The van der Waals surface area contributed by atoms with Gasteiger partial charge in [0, 0.05) is 37.4 Å². The molecule has 9 aromatic rings. The maximum absolute atomic E-state index is 5.19. The Labute approximate surface area is 289 Å². The van der Waals surface area contributed by atoms with Crippen LogP contribution in [0.4, 0.5) is 0 Å². The Bertz CT molecular complexity index is 2560. The lowest BCUT2D eigenvalue weighted by Crippen LogP contribution is -2.06. The topological polar surface area (TPSA) is 43.6 Å². The second-order valence-corrected chi connectivity index (χ2v) is 12.7. The lowest BCUT2D eigenvalue weighted by Gasteiger charge is -2.11. The van der Waals surface area contributed by atoms with Crippen molar-refractivity contribution in [1.82, 2.24) is 19.5 Å². The van der Waals surface area contributed by atoms with Crippen LogP contribution in [-0.4, -0.2) is 19.5 Å². The average molecular weight is 651 g/mol. The zero-order chi connectivity index (χ0) is 33.3. The van der Waals surface area contributed by atoms with Crippen molar-refractivity contribution >= 4 is 59.4 Å². The van der Waals surface area contributed by atoms with Crippen molar-refractivity contribution in [2.45, 2.75) is 20.8 Å². The molecular weight excluding hydrogens is 617 g/mol. The number of rotatable bonds is 5. The molecule has 5 heteroatoms. The molecule has 0 radical (unpaired) electrons. The first kappa shape index (κ1) is 30.4. The second kappa shape index (κ2) is 12.9. The van der Waals surface area contributed by atoms with Crippen LogP contribution < -0.4 is 0 Å². The molecule has 4 nitrogen and oxygen atoms in total. The highest BCUT2D eigenvalue weighted by Gasteiger charge is 2.21. The Kier molecular flexibility index (Phi) is 8.04. The van der Waals surface area contributed by atoms with Crippen LogP contribution in [0.1, 0.15) is 26.3 Å². The molecule has 0 bridgehead atoms. The predicted molar refractivity (Wildman–Crippen MR) is 209 cm³/mol. The van der Waals surface area contributed by atoms with E-state index in [-0.39, 0.29) is 0 Å². The van der Waals surface area contributed by atoms with Crippen LogP contribution in [0.5, 0.6) is 0 Å². The molecule has 9 rings (SSSR count). The van der Waals surface area contributed by atoms with Gasteiger partial charge in [-0.25, -0.2) is 4.98 Å². The molecule has 0 saturated heterocycles. The second-order valence-electron chi connectivity index (χ2n) is 11.6. The van der Waals surface area contributed by atoms with Crippen molar-refractivity contribution in [3.63, 3.8) is 0 Å². The van der Waals surface area contributed by atoms with Gasteiger partial charge >= 0.3 is 0 Å². The summed E-state index contributed by atoms with van der Waals surface area (Å²) < 4.78 is 4.73. The number of hydrogen-bond donors (Lipinski definition) is 0. The summed E-state index contributed by atoms with van der Waals surface area (Å²) in [5.41, 5.74) is 7.63. The number of aromatic nitrogens is 4. The predicted octanol–water partition coefficient (Wildman–Crippen LogP) is 12.4. The summed E-state index contributed by atoms with van der Waals surface area (Å²) in [5, 5.41) is 4.83. The summed E-state index contributed by atoms with van der Waals surface area (Å²) in [6, 6.07) is 48.9. The van der Waals surface area contributed by atoms with Gasteiger partial charge in [-0.2, -0.15) is 9.97 Å². The molecule has 0 N–H and O–H groups in total. The average Bonchev–Trinajstić information content (AvgIpc) is 3.72. The van der Waals surface area contributed by atoms with E-state index in [9.17, 15) is 0 Å². The summed E-state index contributed by atoms with van der Waals surface area (Å²) in [7, 11) is 0. The first-order valence-corrected chi connectivity index (χ1v) is 17.6. The third kappa shape index (κ3) is 5.38. The molecule has 0 fully saturated rings. The van der Waals surface area contributed by atoms with Crippen molar-refractivity contribution in [3.05, 3.63) is 151 Å². The van der Waals surface area contributed by atoms with E-state index in [2.05, 4.69) is 127 Å². The van der Waals surface area contributed by atoms with E-state index in [0.717, 1.165) is 22.2 Å². The van der Waals surface area contributed by atoms with Gasteiger partial charge in [0.25, 0.3) is 0 Å². The number of fused-ring (bicyclic) bond motifs is 7. The standard InChI is InChI=1S/C42H28N4S.C2H6/c1-2-12-27-19-24-37-35(25-27)33-22-21-32-34-26-31(28-13-6-3-7-14-28)20-23-36(34)46(38(32)39(33)47-37)42-44-40(29-15-8-4-9-16-29)43-41(45-42)30-17-10-5-11-18-30;1-2/h2-26H,1H3;1-2H3/b12-2+;. The highest BCUT2D eigenvalue weighted by Crippen LogP contribution is 2.44. The van der Waals surface area contributed by atoms with Crippen LogP contribution in [0.3, 0.4) is 0 Å². The fourth-order valence-electron chi connectivity index (χ4n) is 6.56. The van der Waals surface area contributed by atoms with Crippen molar-refractivity contribution < 1.29 is 0 Å². The van der Waals surface area contributed by atoms with E-state index >= 15 is 0 Å². The van der Waals surface area contributed by atoms with Crippen LogP contribution in [0.25, 0.3) is 87.9 Å². The van der Waals surface area contributed by atoms with Crippen LogP contribution in [0, 0.1) is 0 Å². The van der Waals surface area contributed by atoms with Gasteiger partial charge in [0.2, 0.25) is 5.95 Å². The number of thiophene rings is 1.